The minimum Gasteiger partial charge on any atom is -0.315 e. The van der Waals surface area contributed by atoms with E-state index in [4.69, 9.17) is 4.74 Å². The van der Waals surface area contributed by atoms with Crippen LogP contribution in [-0.4, -0.2) is 17.8 Å². The van der Waals surface area contributed by atoms with E-state index in [-0.39, 0.29) is 6.42 Å². The molecule has 1 unspecified atom stereocenters. The molecule has 0 bridgehead atoms. The van der Waals surface area contributed by atoms with Gasteiger partial charge in [-0.1, -0.05) is 24.8 Å². The van der Waals surface area contributed by atoms with E-state index in [1.54, 1.807) is 18.2 Å². The molecule has 0 spiro atoms. The van der Waals surface area contributed by atoms with Crippen LogP contribution in [0.4, 0.5) is 0 Å². The predicted octanol–water partition coefficient (Wildman–Crippen LogP) is 1.68. The lowest BCUT2D eigenvalue weighted by Crippen LogP contribution is -2.39. The van der Waals surface area contributed by atoms with Crippen LogP contribution in [0, 0.1) is 10.1 Å². The molecule has 1 aliphatic carbocycles. The Morgan fingerprint density at radius 2 is 2.54 bits per heavy atom. The van der Waals surface area contributed by atoms with Gasteiger partial charge in [0.25, 0.3) is 0 Å². The first-order valence-corrected chi connectivity index (χ1v) is 3.85. The first kappa shape index (κ1) is 9.67. The third-order valence-electron chi connectivity index (χ3n) is 2.05. The molecule has 13 heavy (non-hydrogen) atoms. The zero-order valence-electron chi connectivity index (χ0n) is 7.40. The average molecular weight is 181 g/mol. The molecule has 0 heterocycles. The van der Waals surface area contributed by atoms with E-state index in [9.17, 15) is 10.1 Å². The topological polar surface area (TPSA) is 52.4 Å². The molecule has 1 aliphatic rings. The second-order valence-corrected chi connectivity index (χ2v) is 2.79. The molecule has 0 saturated carbocycles. The molecule has 0 radical (unpaired) electrons. The van der Waals surface area contributed by atoms with Gasteiger partial charge in [-0.2, -0.15) is 0 Å². The summed E-state index contributed by atoms with van der Waals surface area (Å²) >= 11 is 0. The summed E-state index contributed by atoms with van der Waals surface area (Å²) in [5, 5.41) is 10.7. The molecule has 0 fully saturated rings. The fraction of sp³-hybridized carbons (Fsp3) is 0.333. The highest BCUT2D eigenvalue weighted by atomic mass is 16.7. The van der Waals surface area contributed by atoms with Gasteiger partial charge in [-0.25, -0.2) is 0 Å². The van der Waals surface area contributed by atoms with Crippen molar-refractivity contribution in [3.8, 4) is 0 Å². The Labute approximate surface area is 76.4 Å². The van der Waals surface area contributed by atoms with E-state index in [1.165, 1.54) is 13.2 Å². The molecular weight excluding hydrogens is 170 g/mol. The predicted molar refractivity (Wildman–Crippen MR) is 48.8 cm³/mol. The van der Waals surface area contributed by atoms with Crippen molar-refractivity contribution in [3.63, 3.8) is 0 Å². The molecule has 0 saturated heterocycles. The second-order valence-electron chi connectivity index (χ2n) is 2.79. The van der Waals surface area contributed by atoms with Crippen LogP contribution in [0.2, 0.25) is 0 Å². The Kier molecular flexibility index (Phi) is 2.63. The molecular formula is C9H11NO3. The number of hydrogen-bond acceptors (Lipinski definition) is 3. The highest BCUT2D eigenvalue weighted by molar-refractivity contribution is 5.29. The van der Waals surface area contributed by atoms with Crippen molar-refractivity contribution in [1.29, 1.82) is 0 Å². The van der Waals surface area contributed by atoms with Crippen molar-refractivity contribution in [2.45, 2.75) is 12.1 Å². The Hall–Kier alpha value is -1.42. The zero-order valence-corrected chi connectivity index (χ0v) is 7.40. The molecule has 0 aromatic carbocycles. The monoisotopic (exact) mass is 181 g/mol. The second kappa shape index (κ2) is 3.53. The number of methoxy groups -OCH3 is 1. The van der Waals surface area contributed by atoms with E-state index in [2.05, 4.69) is 6.58 Å². The van der Waals surface area contributed by atoms with E-state index in [1.807, 2.05) is 0 Å². The maximum absolute atomic E-state index is 10.7. The van der Waals surface area contributed by atoms with Crippen molar-refractivity contribution in [2.24, 2.45) is 0 Å². The molecule has 70 valence electrons. The van der Waals surface area contributed by atoms with Gasteiger partial charge >= 0.3 is 5.72 Å². The lowest BCUT2D eigenvalue weighted by molar-refractivity contribution is -0.610. The lowest BCUT2D eigenvalue weighted by atomic mass is 9.97. The van der Waals surface area contributed by atoms with Crippen LogP contribution in [0.5, 0.6) is 0 Å². The number of allylic oxidation sites excluding steroid dienone is 3. The maximum Gasteiger partial charge on any atom is 0.348 e. The quantitative estimate of drug-likeness (QED) is 0.378. The van der Waals surface area contributed by atoms with Gasteiger partial charge in [0.15, 0.2) is 0 Å². The minimum absolute atomic E-state index is 0.233. The largest absolute Gasteiger partial charge is 0.348 e. The van der Waals surface area contributed by atoms with E-state index in [0.717, 1.165) is 5.57 Å². The van der Waals surface area contributed by atoms with Gasteiger partial charge in [0.2, 0.25) is 0 Å². The third kappa shape index (κ3) is 1.67. The molecule has 1 rings (SSSR count). The van der Waals surface area contributed by atoms with Gasteiger partial charge in [0.1, 0.15) is 0 Å². The molecule has 4 nitrogen and oxygen atoms in total. The summed E-state index contributed by atoms with van der Waals surface area (Å²) in [5.74, 6) is 0. The van der Waals surface area contributed by atoms with Crippen molar-refractivity contribution in [1.82, 2.24) is 0 Å². The van der Waals surface area contributed by atoms with Gasteiger partial charge in [-0.05, 0) is 5.57 Å². The van der Waals surface area contributed by atoms with Crippen molar-refractivity contribution < 1.29 is 9.66 Å². The smallest absolute Gasteiger partial charge is 0.315 e. The van der Waals surface area contributed by atoms with Gasteiger partial charge in [0, 0.05) is 13.2 Å². The molecule has 1 atom stereocenters. The summed E-state index contributed by atoms with van der Waals surface area (Å²) in [6.45, 7) is 3.56. The first-order valence-electron chi connectivity index (χ1n) is 3.85. The number of rotatable bonds is 3. The Bertz CT molecular complexity index is 293. The highest BCUT2D eigenvalue weighted by Gasteiger charge is 2.41. The Morgan fingerprint density at radius 1 is 1.85 bits per heavy atom. The van der Waals surface area contributed by atoms with Crippen molar-refractivity contribution in [3.05, 3.63) is 46.6 Å². The molecule has 0 amide bonds. The molecule has 0 aliphatic heterocycles. The van der Waals surface area contributed by atoms with Crippen LogP contribution in [-0.2, 0) is 4.74 Å². The highest BCUT2D eigenvalue weighted by Crippen LogP contribution is 2.27. The van der Waals surface area contributed by atoms with Gasteiger partial charge in [0.05, 0.1) is 11.3 Å². The van der Waals surface area contributed by atoms with Crippen LogP contribution in [0.1, 0.15) is 6.42 Å². The molecule has 0 aromatic heterocycles. The summed E-state index contributed by atoms with van der Waals surface area (Å²) < 4.78 is 4.90. The average Bonchev–Trinajstić information content (AvgIpc) is 2.17. The summed E-state index contributed by atoms with van der Waals surface area (Å²) in [4.78, 5) is 10.3. The summed E-state index contributed by atoms with van der Waals surface area (Å²) in [6, 6.07) is 0. The number of nitro groups is 1. The Morgan fingerprint density at radius 3 is 3.00 bits per heavy atom. The van der Waals surface area contributed by atoms with Crippen LogP contribution >= 0.6 is 0 Å². The maximum atomic E-state index is 10.7. The first-order chi connectivity index (χ1) is 6.14. The van der Waals surface area contributed by atoms with E-state index >= 15 is 0 Å². The fourth-order valence-corrected chi connectivity index (χ4v) is 1.21. The minimum atomic E-state index is -1.40. The van der Waals surface area contributed by atoms with E-state index in [0.29, 0.717) is 0 Å². The third-order valence-corrected chi connectivity index (χ3v) is 2.05. The molecule has 0 N–H and O–H groups in total. The van der Waals surface area contributed by atoms with Crippen LogP contribution in [0.15, 0.2) is 36.5 Å². The van der Waals surface area contributed by atoms with Crippen LogP contribution in [0.25, 0.3) is 0 Å². The number of nitrogens with zero attached hydrogens (tertiary/aromatic N) is 1. The number of hydrogen-bond donors (Lipinski definition) is 0. The van der Waals surface area contributed by atoms with E-state index < -0.39 is 10.6 Å². The standard InChI is InChI=1S/C9H11NO3/c1-3-8-5-4-6-9(7-8,13-2)10(11)12/h3-6H,1,7H2,2H3. The van der Waals surface area contributed by atoms with Gasteiger partial charge in [-0.3, -0.25) is 10.1 Å². The lowest BCUT2D eigenvalue weighted by Gasteiger charge is -2.22. The normalized spacial score (nSPS) is 26.7. The van der Waals surface area contributed by atoms with Crippen molar-refractivity contribution >= 4 is 0 Å². The van der Waals surface area contributed by atoms with Gasteiger partial charge in [-0.15, -0.1) is 0 Å². The summed E-state index contributed by atoms with van der Waals surface area (Å²) in [6.07, 6.45) is 6.68. The fourth-order valence-electron chi connectivity index (χ4n) is 1.21. The van der Waals surface area contributed by atoms with Crippen molar-refractivity contribution in [2.75, 3.05) is 7.11 Å². The number of ether oxygens (including phenoxy) is 1. The zero-order chi connectivity index (χ0) is 9.90. The molecule has 0 aromatic rings. The summed E-state index contributed by atoms with van der Waals surface area (Å²) in [5.41, 5.74) is -0.598. The van der Waals surface area contributed by atoms with Gasteiger partial charge < -0.3 is 4.74 Å². The SMILES string of the molecule is C=CC1=CC=CC(OC)([N+](=O)[O-])C1. The molecule has 4 heteroatoms. The summed E-state index contributed by atoms with van der Waals surface area (Å²) in [7, 11) is 1.33. The Balaban J connectivity index is 2.95. The van der Waals surface area contributed by atoms with Crippen LogP contribution < -0.4 is 0 Å². The van der Waals surface area contributed by atoms with Crippen LogP contribution in [0.3, 0.4) is 0 Å².